The van der Waals surface area contributed by atoms with Crippen molar-refractivity contribution in [3.8, 4) is 0 Å². The molecule has 0 bridgehead atoms. The number of nitrogens with one attached hydrogen (secondary N) is 2. The van der Waals surface area contributed by atoms with E-state index in [1.54, 1.807) is 24.3 Å². The third-order valence-electron chi connectivity index (χ3n) is 4.64. The summed E-state index contributed by atoms with van der Waals surface area (Å²) in [6.45, 7) is 1.84. The van der Waals surface area contributed by atoms with Crippen LogP contribution in [0.2, 0.25) is 0 Å². The second-order valence-corrected chi connectivity index (χ2v) is 7.29. The van der Waals surface area contributed by atoms with Crippen LogP contribution in [0.4, 0.5) is 10.1 Å². The summed E-state index contributed by atoms with van der Waals surface area (Å²) < 4.78 is 13.1. The van der Waals surface area contributed by atoms with Gasteiger partial charge in [-0.2, -0.15) is 0 Å². The molecule has 2 aromatic carbocycles. The van der Waals surface area contributed by atoms with Crippen molar-refractivity contribution in [2.45, 2.75) is 26.3 Å². The Labute approximate surface area is 169 Å². The van der Waals surface area contributed by atoms with Gasteiger partial charge < -0.3 is 15.5 Å². The molecular formula is C22H24FN3O3. The highest BCUT2D eigenvalue weighted by Gasteiger charge is 2.34. The van der Waals surface area contributed by atoms with Gasteiger partial charge in [-0.25, -0.2) is 4.39 Å². The van der Waals surface area contributed by atoms with E-state index in [9.17, 15) is 18.8 Å². The van der Waals surface area contributed by atoms with Gasteiger partial charge in [-0.1, -0.05) is 29.8 Å². The fourth-order valence-electron chi connectivity index (χ4n) is 2.86. The van der Waals surface area contributed by atoms with Crippen LogP contribution >= 0.6 is 0 Å². The molecule has 2 aromatic rings. The lowest BCUT2D eigenvalue weighted by Crippen LogP contribution is -2.43. The van der Waals surface area contributed by atoms with Crippen molar-refractivity contribution < 1.29 is 18.8 Å². The molecule has 7 heteroatoms. The Hall–Kier alpha value is -3.22. The molecule has 3 amide bonds. The molecule has 0 saturated heterocycles. The Balaban J connectivity index is 1.52. The zero-order valence-corrected chi connectivity index (χ0v) is 16.3. The lowest BCUT2D eigenvalue weighted by molar-refractivity contribution is -0.137. The smallest absolute Gasteiger partial charge is 0.243 e. The zero-order chi connectivity index (χ0) is 20.8. The molecule has 0 unspecified atom stereocenters. The number of hydrogen-bond donors (Lipinski definition) is 2. The fourth-order valence-corrected chi connectivity index (χ4v) is 2.86. The Morgan fingerprint density at radius 3 is 2.28 bits per heavy atom. The van der Waals surface area contributed by atoms with E-state index in [4.69, 9.17) is 0 Å². The van der Waals surface area contributed by atoms with E-state index in [1.807, 2.05) is 19.1 Å². The summed E-state index contributed by atoms with van der Waals surface area (Å²) in [4.78, 5) is 38.3. The molecule has 152 valence electrons. The van der Waals surface area contributed by atoms with Gasteiger partial charge in [-0.3, -0.25) is 14.4 Å². The van der Waals surface area contributed by atoms with E-state index in [-0.39, 0.29) is 43.2 Å². The second kappa shape index (κ2) is 9.32. The number of nitrogens with zero attached hydrogens (tertiary/aromatic N) is 1. The van der Waals surface area contributed by atoms with E-state index in [2.05, 4.69) is 10.6 Å². The van der Waals surface area contributed by atoms with Crippen LogP contribution in [0.25, 0.3) is 0 Å². The number of halogens is 1. The topological polar surface area (TPSA) is 78.5 Å². The van der Waals surface area contributed by atoms with Gasteiger partial charge in [-0.05, 0) is 49.6 Å². The van der Waals surface area contributed by atoms with Crippen LogP contribution in [-0.4, -0.2) is 35.7 Å². The van der Waals surface area contributed by atoms with Crippen molar-refractivity contribution in [2.75, 3.05) is 18.4 Å². The first-order valence-corrected chi connectivity index (χ1v) is 9.57. The van der Waals surface area contributed by atoms with Gasteiger partial charge in [0.05, 0.1) is 13.1 Å². The van der Waals surface area contributed by atoms with Gasteiger partial charge in [0, 0.05) is 18.2 Å². The van der Waals surface area contributed by atoms with Crippen molar-refractivity contribution in [3.05, 3.63) is 65.5 Å². The molecule has 0 atom stereocenters. The summed E-state index contributed by atoms with van der Waals surface area (Å²) in [7, 11) is 0. The summed E-state index contributed by atoms with van der Waals surface area (Å²) in [5, 5.41) is 5.25. The Kier molecular flexibility index (Phi) is 6.59. The molecule has 1 aliphatic rings. The highest BCUT2D eigenvalue weighted by atomic mass is 19.1. The summed E-state index contributed by atoms with van der Waals surface area (Å²) in [5.74, 6) is -1.26. The first kappa shape index (κ1) is 20.5. The van der Waals surface area contributed by atoms with Crippen molar-refractivity contribution in [1.82, 2.24) is 10.2 Å². The summed E-state index contributed by atoms with van der Waals surface area (Å²) >= 11 is 0. The summed E-state index contributed by atoms with van der Waals surface area (Å²) in [5.41, 5.74) is 2.47. The molecule has 1 saturated carbocycles. The average Bonchev–Trinajstić information content (AvgIpc) is 3.54. The average molecular weight is 397 g/mol. The van der Waals surface area contributed by atoms with Gasteiger partial charge in [0.15, 0.2) is 0 Å². The SMILES string of the molecule is Cc1ccc(NC(=O)CNC(=O)CN(Cc2ccc(F)cc2)C(=O)C2CC2)cc1. The molecule has 0 spiro atoms. The summed E-state index contributed by atoms with van der Waals surface area (Å²) in [6.07, 6.45) is 1.64. The molecular weight excluding hydrogens is 373 g/mol. The molecule has 2 N–H and O–H groups in total. The molecule has 0 radical (unpaired) electrons. The fraction of sp³-hybridized carbons (Fsp3) is 0.318. The van der Waals surface area contributed by atoms with Crippen LogP contribution in [-0.2, 0) is 20.9 Å². The third kappa shape index (κ3) is 6.41. The summed E-state index contributed by atoms with van der Waals surface area (Å²) in [6, 6.07) is 13.2. The molecule has 0 aromatic heterocycles. The van der Waals surface area contributed by atoms with Crippen molar-refractivity contribution in [2.24, 2.45) is 5.92 Å². The highest BCUT2D eigenvalue weighted by molar-refractivity contribution is 5.95. The number of hydrogen-bond acceptors (Lipinski definition) is 3. The number of carbonyl (C=O) groups is 3. The number of amides is 3. The van der Waals surface area contributed by atoms with Crippen LogP contribution in [0.1, 0.15) is 24.0 Å². The standard InChI is InChI=1S/C22H24FN3O3/c1-15-2-10-19(11-3-15)25-20(27)12-24-21(28)14-26(22(29)17-6-7-17)13-16-4-8-18(23)9-5-16/h2-5,8-11,17H,6-7,12-14H2,1H3,(H,24,28)(H,25,27). The maximum atomic E-state index is 13.1. The molecule has 6 nitrogen and oxygen atoms in total. The normalized spacial score (nSPS) is 12.9. The van der Waals surface area contributed by atoms with Gasteiger partial charge in [0.2, 0.25) is 17.7 Å². The first-order chi connectivity index (χ1) is 13.9. The lowest BCUT2D eigenvalue weighted by atomic mass is 10.2. The third-order valence-corrected chi connectivity index (χ3v) is 4.64. The minimum Gasteiger partial charge on any atom is -0.345 e. The van der Waals surface area contributed by atoms with Crippen LogP contribution < -0.4 is 10.6 Å². The van der Waals surface area contributed by atoms with Gasteiger partial charge in [0.25, 0.3) is 0 Å². The van der Waals surface area contributed by atoms with Crippen LogP contribution in [0, 0.1) is 18.7 Å². The monoisotopic (exact) mass is 397 g/mol. The number of anilines is 1. The van der Waals surface area contributed by atoms with Crippen molar-refractivity contribution in [3.63, 3.8) is 0 Å². The quantitative estimate of drug-likeness (QED) is 0.719. The van der Waals surface area contributed by atoms with E-state index in [0.29, 0.717) is 5.69 Å². The molecule has 1 fully saturated rings. The van der Waals surface area contributed by atoms with Gasteiger partial charge in [0.1, 0.15) is 5.82 Å². The highest BCUT2D eigenvalue weighted by Crippen LogP contribution is 2.31. The largest absolute Gasteiger partial charge is 0.345 e. The minimum atomic E-state index is -0.417. The molecule has 0 heterocycles. The van der Waals surface area contributed by atoms with Crippen molar-refractivity contribution >= 4 is 23.4 Å². The number of aryl methyl sites for hydroxylation is 1. The maximum Gasteiger partial charge on any atom is 0.243 e. The lowest BCUT2D eigenvalue weighted by Gasteiger charge is -2.22. The zero-order valence-electron chi connectivity index (χ0n) is 16.3. The molecule has 1 aliphatic carbocycles. The van der Waals surface area contributed by atoms with E-state index < -0.39 is 5.91 Å². The predicted octanol–water partition coefficient (Wildman–Crippen LogP) is 2.63. The van der Waals surface area contributed by atoms with Gasteiger partial charge in [-0.15, -0.1) is 0 Å². The molecule has 29 heavy (non-hydrogen) atoms. The molecule has 0 aliphatic heterocycles. The van der Waals surface area contributed by atoms with E-state index in [0.717, 1.165) is 24.0 Å². The first-order valence-electron chi connectivity index (χ1n) is 9.57. The number of benzene rings is 2. The minimum absolute atomic E-state index is 0.0481. The molecule has 3 rings (SSSR count). The van der Waals surface area contributed by atoms with Gasteiger partial charge >= 0.3 is 0 Å². The van der Waals surface area contributed by atoms with E-state index in [1.165, 1.54) is 17.0 Å². The van der Waals surface area contributed by atoms with E-state index >= 15 is 0 Å². The van der Waals surface area contributed by atoms with Crippen LogP contribution in [0.3, 0.4) is 0 Å². The van der Waals surface area contributed by atoms with Crippen LogP contribution in [0.15, 0.2) is 48.5 Å². The maximum absolute atomic E-state index is 13.1. The number of rotatable bonds is 8. The Morgan fingerprint density at radius 1 is 1.00 bits per heavy atom. The number of carbonyl (C=O) groups excluding carboxylic acids is 3. The predicted molar refractivity (Wildman–Crippen MR) is 107 cm³/mol. The second-order valence-electron chi connectivity index (χ2n) is 7.29. The Bertz CT molecular complexity index is 877. The van der Waals surface area contributed by atoms with Crippen LogP contribution in [0.5, 0.6) is 0 Å². The van der Waals surface area contributed by atoms with Crippen molar-refractivity contribution in [1.29, 1.82) is 0 Å². The Morgan fingerprint density at radius 2 is 1.66 bits per heavy atom.